The molecule has 0 saturated heterocycles. The third-order valence-electron chi connectivity index (χ3n) is 4.06. The molecule has 0 aromatic heterocycles. The van der Waals surface area contributed by atoms with Crippen LogP contribution in [-0.4, -0.2) is 25.1 Å². The minimum atomic E-state index is -0.363. The number of amides is 1. The van der Waals surface area contributed by atoms with Crippen molar-refractivity contribution < 1.29 is 19.1 Å². The molecule has 0 radical (unpaired) electrons. The molecule has 1 amide bonds. The number of carbonyl (C=O) groups excluding carboxylic acids is 2. The lowest BCUT2D eigenvalue weighted by molar-refractivity contribution is -0.118. The van der Waals surface area contributed by atoms with E-state index in [9.17, 15) is 9.59 Å². The Morgan fingerprint density at radius 2 is 1.62 bits per heavy atom. The topological polar surface area (TPSA) is 64.6 Å². The standard InChI is InChI=1S/C21H25NO4/c1-5-12-25-21(24)17-8-10-18(11-9-17)22-19(23)13-26-20-15(3)7-6-14(2)16(20)4/h6-11H,5,12-13H2,1-4H3,(H,22,23). The highest BCUT2D eigenvalue weighted by molar-refractivity contribution is 5.93. The fourth-order valence-corrected chi connectivity index (χ4v) is 2.45. The van der Waals surface area contributed by atoms with E-state index in [2.05, 4.69) is 5.32 Å². The number of rotatable bonds is 7. The van der Waals surface area contributed by atoms with Crippen LogP contribution in [0.1, 0.15) is 40.4 Å². The monoisotopic (exact) mass is 355 g/mol. The summed E-state index contributed by atoms with van der Waals surface area (Å²) in [5.41, 5.74) is 4.21. The molecule has 26 heavy (non-hydrogen) atoms. The Morgan fingerprint density at radius 1 is 0.962 bits per heavy atom. The molecule has 0 bridgehead atoms. The molecular weight excluding hydrogens is 330 g/mol. The van der Waals surface area contributed by atoms with E-state index in [1.54, 1.807) is 24.3 Å². The van der Waals surface area contributed by atoms with Crippen molar-refractivity contribution in [3.63, 3.8) is 0 Å². The third kappa shape index (κ3) is 5.09. The minimum absolute atomic E-state index is 0.0779. The summed E-state index contributed by atoms with van der Waals surface area (Å²) in [6.07, 6.45) is 0.778. The SMILES string of the molecule is CCCOC(=O)c1ccc(NC(=O)COc2c(C)ccc(C)c2C)cc1. The first-order chi connectivity index (χ1) is 12.4. The molecule has 138 valence electrons. The highest BCUT2D eigenvalue weighted by atomic mass is 16.5. The second kappa shape index (κ2) is 9.04. The maximum absolute atomic E-state index is 12.1. The van der Waals surface area contributed by atoms with E-state index in [1.165, 1.54) is 0 Å². The molecule has 0 heterocycles. The van der Waals surface area contributed by atoms with Gasteiger partial charge in [0.2, 0.25) is 0 Å². The number of benzene rings is 2. The average Bonchev–Trinajstić information content (AvgIpc) is 2.63. The predicted octanol–water partition coefficient (Wildman–Crippen LogP) is 4.20. The van der Waals surface area contributed by atoms with Gasteiger partial charge in [-0.3, -0.25) is 4.79 Å². The highest BCUT2D eigenvalue weighted by Crippen LogP contribution is 2.25. The molecule has 0 aliphatic rings. The maximum atomic E-state index is 12.1. The summed E-state index contributed by atoms with van der Waals surface area (Å²) in [4.78, 5) is 23.9. The van der Waals surface area contributed by atoms with Crippen LogP contribution >= 0.6 is 0 Å². The number of aryl methyl sites for hydroxylation is 2. The van der Waals surface area contributed by atoms with E-state index in [4.69, 9.17) is 9.47 Å². The third-order valence-corrected chi connectivity index (χ3v) is 4.06. The predicted molar refractivity (Wildman–Crippen MR) is 102 cm³/mol. The zero-order valence-electron chi connectivity index (χ0n) is 15.7. The van der Waals surface area contributed by atoms with Crippen LogP contribution in [0.2, 0.25) is 0 Å². The molecule has 0 aliphatic heterocycles. The lowest BCUT2D eigenvalue weighted by Gasteiger charge is -2.14. The van der Waals surface area contributed by atoms with Crippen LogP contribution in [0, 0.1) is 20.8 Å². The van der Waals surface area contributed by atoms with Crippen molar-refractivity contribution in [2.45, 2.75) is 34.1 Å². The Morgan fingerprint density at radius 3 is 2.27 bits per heavy atom. The molecule has 0 fully saturated rings. The number of ether oxygens (including phenoxy) is 2. The molecule has 0 spiro atoms. The molecule has 0 saturated carbocycles. The van der Waals surface area contributed by atoms with E-state index in [0.29, 0.717) is 17.9 Å². The fraction of sp³-hybridized carbons (Fsp3) is 0.333. The van der Waals surface area contributed by atoms with Gasteiger partial charge in [-0.25, -0.2) is 4.79 Å². The first kappa shape index (κ1) is 19.5. The second-order valence-corrected chi connectivity index (χ2v) is 6.20. The Hall–Kier alpha value is -2.82. The van der Waals surface area contributed by atoms with Gasteiger partial charge in [0, 0.05) is 5.69 Å². The van der Waals surface area contributed by atoms with Crippen LogP contribution < -0.4 is 10.1 Å². The van der Waals surface area contributed by atoms with E-state index < -0.39 is 0 Å². The molecular formula is C21H25NO4. The smallest absolute Gasteiger partial charge is 0.338 e. The molecule has 0 unspecified atom stereocenters. The first-order valence-corrected chi connectivity index (χ1v) is 8.69. The van der Waals surface area contributed by atoms with Gasteiger partial charge in [0.1, 0.15) is 5.75 Å². The van der Waals surface area contributed by atoms with E-state index in [0.717, 1.165) is 28.9 Å². The summed E-state index contributed by atoms with van der Waals surface area (Å²) in [6, 6.07) is 10.6. The summed E-state index contributed by atoms with van der Waals surface area (Å²) in [7, 11) is 0. The van der Waals surface area contributed by atoms with Crippen molar-refractivity contribution in [2.75, 3.05) is 18.5 Å². The van der Waals surface area contributed by atoms with Gasteiger partial charge < -0.3 is 14.8 Å². The number of anilines is 1. The van der Waals surface area contributed by atoms with Gasteiger partial charge in [-0.15, -0.1) is 0 Å². The zero-order valence-corrected chi connectivity index (χ0v) is 15.7. The number of hydrogen-bond acceptors (Lipinski definition) is 4. The van der Waals surface area contributed by atoms with Crippen molar-refractivity contribution in [1.82, 2.24) is 0 Å². The average molecular weight is 355 g/mol. The normalized spacial score (nSPS) is 10.3. The van der Waals surface area contributed by atoms with Crippen LogP contribution in [0.4, 0.5) is 5.69 Å². The fourth-order valence-electron chi connectivity index (χ4n) is 2.45. The van der Waals surface area contributed by atoms with Gasteiger partial charge in [-0.2, -0.15) is 0 Å². The molecule has 5 nitrogen and oxygen atoms in total. The molecule has 0 aliphatic carbocycles. The maximum Gasteiger partial charge on any atom is 0.338 e. The summed E-state index contributed by atoms with van der Waals surface area (Å²) in [6.45, 7) is 8.20. The van der Waals surface area contributed by atoms with Gasteiger partial charge in [0.15, 0.2) is 6.61 Å². The van der Waals surface area contributed by atoms with Crippen molar-refractivity contribution in [3.05, 3.63) is 58.7 Å². The Balaban J connectivity index is 1.92. The Bertz CT molecular complexity index is 781. The van der Waals surface area contributed by atoms with Gasteiger partial charge in [-0.1, -0.05) is 19.1 Å². The molecule has 2 rings (SSSR count). The Labute approximate surface area is 154 Å². The Kier molecular flexibility index (Phi) is 6.78. The number of esters is 1. The summed E-state index contributed by atoms with van der Waals surface area (Å²) >= 11 is 0. The number of carbonyl (C=O) groups is 2. The van der Waals surface area contributed by atoms with Crippen molar-refractivity contribution >= 4 is 17.6 Å². The molecule has 5 heteroatoms. The highest BCUT2D eigenvalue weighted by Gasteiger charge is 2.10. The zero-order chi connectivity index (χ0) is 19.1. The largest absolute Gasteiger partial charge is 0.483 e. The van der Waals surface area contributed by atoms with Gasteiger partial charge in [0.05, 0.1) is 12.2 Å². The van der Waals surface area contributed by atoms with Crippen LogP contribution in [0.15, 0.2) is 36.4 Å². The molecule has 2 aromatic rings. The van der Waals surface area contributed by atoms with E-state index in [-0.39, 0.29) is 18.5 Å². The second-order valence-electron chi connectivity index (χ2n) is 6.20. The van der Waals surface area contributed by atoms with Crippen molar-refractivity contribution in [1.29, 1.82) is 0 Å². The molecule has 0 atom stereocenters. The van der Waals surface area contributed by atoms with Crippen LogP contribution in [0.25, 0.3) is 0 Å². The van der Waals surface area contributed by atoms with Crippen molar-refractivity contribution in [2.24, 2.45) is 0 Å². The van der Waals surface area contributed by atoms with Crippen LogP contribution in [0.5, 0.6) is 5.75 Å². The lowest BCUT2D eigenvalue weighted by atomic mass is 10.1. The van der Waals surface area contributed by atoms with Gasteiger partial charge in [0.25, 0.3) is 5.91 Å². The quantitative estimate of drug-likeness (QED) is 0.756. The van der Waals surface area contributed by atoms with E-state index in [1.807, 2.05) is 39.8 Å². The van der Waals surface area contributed by atoms with Crippen LogP contribution in [0.3, 0.4) is 0 Å². The first-order valence-electron chi connectivity index (χ1n) is 8.69. The van der Waals surface area contributed by atoms with Crippen molar-refractivity contribution in [3.8, 4) is 5.75 Å². The lowest BCUT2D eigenvalue weighted by Crippen LogP contribution is -2.20. The molecule has 1 N–H and O–H groups in total. The minimum Gasteiger partial charge on any atom is -0.483 e. The number of hydrogen-bond donors (Lipinski definition) is 1. The van der Waals surface area contributed by atoms with Gasteiger partial charge >= 0.3 is 5.97 Å². The summed E-state index contributed by atoms with van der Waals surface area (Å²) < 4.78 is 10.8. The number of nitrogens with one attached hydrogen (secondary N) is 1. The van der Waals surface area contributed by atoms with Gasteiger partial charge in [-0.05, 0) is 68.1 Å². The van der Waals surface area contributed by atoms with E-state index >= 15 is 0 Å². The molecule has 2 aromatic carbocycles. The van der Waals surface area contributed by atoms with Crippen LogP contribution in [-0.2, 0) is 9.53 Å². The summed E-state index contributed by atoms with van der Waals surface area (Å²) in [5, 5.41) is 2.76. The summed E-state index contributed by atoms with van der Waals surface area (Å²) in [5.74, 6) is 0.124.